The quantitative estimate of drug-likeness (QED) is 0.349. The van der Waals surface area contributed by atoms with Gasteiger partial charge < -0.3 is 4.74 Å². The molecule has 2 aromatic carbocycles. The summed E-state index contributed by atoms with van der Waals surface area (Å²) in [4.78, 5) is 14.1. The molecule has 0 aliphatic heterocycles. The van der Waals surface area contributed by atoms with Gasteiger partial charge in [-0.25, -0.2) is 4.39 Å². The number of rotatable bonds is 6. The van der Waals surface area contributed by atoms with Crippen molar-refractivity contribution in [1.29, 1.82) is 0 Å². The van der Waals surface area contributed by atoms with Gasteiger partial charge in [0.25, 0.3) is 0 Å². The van der Waals surface area contributed by atoms with E-state index in [4.69, 9.17) is 10.3 Å². The Balaban J connectivity index is 2.05. The molecule has 5 nitrogen and oxygen atoms in total. The number of halogens is 1. The molecule has 0 fully saturated rings. The van der Waals surface area contributed by atoms with Gasteiger partial charge in [-0.2, -0.15) is 0 Å². The second kappa shape index (κ2) is 7.07. The molecule has 0 heterocycles. The summed E-state index contributed by atoms with van der Waals surface area (Å²) in [6.07, 6.45) is 0. The Morgan fingerprint density at radius 1 is 1.24 bits per heavy atom. The van der Waals surface area contributed by atoms with E-state index in [1.807, 2.05) is 30.3 Å². The average Bonchev–Trinajstić information content (AvgIpc) is 2.52. The highest BCUT2D eigenvalue weighted by molar-refractivity contribution is 5.97. The van der Waals surface area contributed by atoms with Gasteiger partial charge in [-0.1, -0.05) is 35.4 Å². The van der Waals surface area contributed by atoms with Gasteiger partial charge in [0.1, 0.15) is 6.61 Å². The summed E-state index contributed by atoms with van der Waals surface area (Å²) < 4.78 is 19.2. The van der Waals surface area contributed by atoms with Crippen molar-refractivity contribution in [2.24, 2.45) is 5.11 Å². The minimum Gasteiger partial charge on any atom is -0.486 e. The molecule has 0 spiro atoms. The molecule has 2 rings (SSSR count). The third-order valence-corrected chi connectivity index (χ3v) is 2.77. The Morgan fingerprint density at radius 3 is 2.67 bits per heavy atom. The number of hydrogen-bond donors (Lipinski definition) is 0. The number of nitrogens with zero attached hydrogens (tertiary/aromatic N) is 3. The van der Waals surface area contributed by atoms with E-state index >= 15 is 0 Å². The highest BCUT2D eigenvalue weighted by Crippen LogP contribution is 2.20. The molecule has 6 heteroatoms. The predicted molar refractivity (Wildman–Crippen MR) is 75.5 cm³/mol. The van der Waals surface area contributed by atoms with E-state index in [0.29, 0.717) is 0 Å². The van der Waals surface area contributed by atoms with Crippen molar-refractivity contribution < 1.29 is 13.9 Å². The second-order valence-corrected chi connectivity index (χ2v) is 4.23. The predicted octanol–water partition coefficient (Wildman–Crippen LogP) is 3.90. The Hall–Kier alpha value is -2.85. The molecule has 0 saturated carbocycles. The normalized spacial score (nSPS) is 9.76. The maximum Gasteiger partial charge on any atom is 0.168 e. The largest absolute Gasteiger partial charge is 0.486 e. The minimum absolute atomic E-state index is 0.0687. The van der Waals surface area contributed by atoms with Crippen LogP contribution in [0.3, 0.4) is 0 Å². The van der Waals surface area contributed by atoms with E-state index in [1.54, 1.807) is 0 Å². The van der Waals surface area contributed by atoms with E-state index in [1.165, 1.54) is 12.1 Å². The smallest absolute Gasteiger partial charge is 0.168 e. The van der Waals surface area contributed by atoms with Gasteiger partial charge in [0.05, 0.1) is 6.54 Å². The van der Waals surface area contributed by atoms with Crippen LogP contribution in [0.5, 0.6) is 5.75 Å². The topological polar surface area (TPSA) is 75.1 Å². The number of carbonyl (C=O) groups is 1. The molecule has 0 unspecified atom stereocenters. The van der Waals surface area contributed by atoms with Crippen molar-refractivity contribution in [3.8, 4) is 5.75 Å². The van der Waals surface area contributed by atoms with E-state index in [2.05, 4.69) is 10.0 Å². The van der Waals surface area contributed by atoms with Gasteiger partial charge >= 0.3 is 0 Å². The van der Waals surface area contributed by atoms with Gasteiger partial charge in [-0.15, -0.1) is 0 Å². The summed E-state index contributed by atoms with van der Waals surface area (Å²) in [6, 6.07) is 13.3. The van der Waals surface area contributed by atoms with Crippen LogP contribution in [0.15, 0.2) is 53.6 Å². The number of carbonyl (C=O) groups excluding carboxylic acids is 1. The second-order valence-electron chi connectivity index (χ2n) is 4.23. The van der Waals surface area contributed by atoms with Crippen molar-refractivity contribution in [1.82, 2.24) is 0 Å². The van der Waals surface area contributed by atoms with Crippen LogP contribution in [0.2, 0.25) is 0 Å². The summed E-state index contributed by atoms with van der Waals surface area (Å²) in [5, 5.41) is 3.15. The molecule has 0 N–H and O–H groups in total. The minimum atomic E-state index is -0.627. The van der Waals surface area contributed by atoms with Gasteiger partial charge in [0, 0.05) is 10.5 Å². The first-order chi connectivity index (χ1) is 10.2. The van der Waals surface area contributed by atoms with Crippen molar-refractivity contribution >= 4 is 5.78 Å². The molecule has 0 bridgehead atoms. The third kappa shape index (κ3) is 4.06. The van der Waals surface area contributed by atoms with Crippen molar-refractivity contribution in [2.45, 2.75) is 6.61 Å². The third-order valence-electron chi connectivity index (χ3n) is 2.77. The molecule has 0 atom stereocenters. The Bertz CT molecular complexity index is 683. The van der Waals surface area contributed by atoms with E-state index < -0.39 is 11.6 Å². The lowest BCUT2D eigenvalue weighted by molar-refractivity contribution is 0.100. The molecule has 0 radical (unpaired) electrons. The van der Waals surface area contributed by atoms with Crippen LogP contribution in [0.4, 0.5) is 4.39 Å². The first-order valence-electron chi connectivity index (χ1n) is 6.21. The first-order valence-corrected chi connectivity index (χ1v) is 6.21. The van der Waals surface area contributed by atoms with Gasteiger partial charge in [0.2, 0.25) is 0 Å². The number of ether oxygens (including phenoxy) is 1. The summed E-state index contributed by atoms with van der Waals surface area (Å²) in [5.74, 6) is -1.00. The molecule has 0 aliphatic rings. The maximum absolute atomic E-state index is 13.9. The van der Waals surface area contributed by atoms with Crippen LogP contribution in [0, 0.1) is 5.82 Å². The lowest BCUT2D eigenvalue weighted by Crippen LogP contribution is -2.04. The summed E-state index contributed by atoms with van der Waals surface area (Å²) >= 11 is 0. The summed E-state index contributed by atoms with van der Waals surface area (Å²) in [7, 11) is 0. The Labute approximate surface area is 120 Å². The van der Waals surface area contributed by atoms with Crippen molar-refractivity contribution in [3.63, 3.8) is 0 Å². The first kappa shape index (κ1) is 14.6. The fraction of sp³-hybridized carbons (Fsp3) is 0.133. The standard InChI is InChI=1S/C15H12FN3O2/c16-13-8-12(14(20)9-18-19-17)6-7-15(13)21-10-11-4-2-1-3-5-11/h1-8H,9-10H2. The Morgan fingerprint density at radius 2 is 2.00 bits per heavy atom. The number of ketones is 1. The monoisotopic (exact) mass is 285 g/mol. The maximum atomic E-state index is 13.9. The molecule has 0 amide bonds. The number of azide groups is 1. The summed E-state index contributed by atoms with van der Waals surface area (Å²) in [6.45, 7) is -0.0933. The molecule has 0 aromatic heterocycles. The van der Waals surface area contributed by atoms with Gasteiger partial charge in [0.15, 0.2) is 17.3 Å². The molecule has 0 saturated heterocycles. The van der Waals surface area contributed by atoms with Crippen LogP contribution in [0.1, 0.15) is 15.9 Å². The van der Waals surface area contributed by atoms with Crippen LogP contribution >= 0.6 is 0 Å². The molecule has 0 aliphatic carbocycles. The molecule has 21 heavy (non-hydrogen) atoms. The highest BCUT2D eigenvalue weighted by atomic mass is 19.1. The highest BCUT2D eigenvalue weighted by Gasteiger charge is 2.10. The van der Waals surface area contributed by atoms with Crippen LogP contribution < -0.4 is 4.74 Å². The molecule has 106 valence electrons. The Kier molecular flexibility index (Phi) is 4.90. The molecular weight excluding hydrogens is 273 g/mol. The van der Waals surface area contributed by atoms with Crippen LogP contribution in [-0.4, -0.2) is 12.3 Å². The van der Waals surface area contributed by atoms with Gasteiger partial charge in [-0.3, -0.25) is 4.79 Å². The fourth-order valence-electron chi connectivity index (χ4n) is 1.71. The molecule has 2 aromatic rings. The zero-order valence-electron chi connectivity index (χ0n) is 11.1. The fourth-order valence-corrected chi connectivity index (χ4v) is 1.71. The van der Waals surface area contributed by atoms with E-state index in [0.717, 1.165) is 11.6 Å². The van der Waals surface area contributed by atoms with E-state index in [-0.39, 0.29) is 24.5 Å². The number of hydrogen-bond acceptors (Lipinski definition) is 3. The average molecular weight is 285 g/mol. The van der Waals surface area contributed by atoms with Gasteiger partial charge in [-0.05, 0) is 29.3 Å². The number of benzene rings is 2. The zero-order valence-corrected chi connectivity index (χ0v) is 11.1. The van der Waals surface area contributed by atoms with Crippen molar-refractivity contribution in [2.75, 3.05) is 6.54 Å². The van der Waals surface area contributed by atoms with E-state index in [9.17, 15) is 9.18 Å². The SMILES string of the molecule is [N-]=[N+]=NCC(=O)c1ccc(OCc2ccccc2)c(F)c1. The van der Waals surface area contributed by atoms with Crippen LogP contribution in [-0.2, 0) is 6.61 Å². The lowest BCUT2D eigenvalue weighted by Gasteiger charge is -2.08. The zero-order chi connectivity index (χ0) is 15.1. The number of Topliss-reactive ketones (excluding diaryl/α,β-unsaturated/α-hetero) is 1. The lowest BCUT2D eigenvalue weighted by atomic mass is 10.1. The van der Waals surface area contributed by atoms with Crippen molar-refractivity contribution in [3.05, 3.63) is 75.9 Å². The van der Waals surface area contributed by atoms with Crippen LogP contribution in [0.25, 0.3) is 10.4 Å². The molecular formula is C15H12FN3O2. The summed E-state index contributed by atoms with van der Waals surface area (Å²) in [5.41, 5.74) is 9.21.